The van der Waals surface area contributed by atoms with E-state index >= 15 is 0 Å². The van der Waals surface area contributed by atoms with Crippen molar-refractivity contribution in [3.8, 4) is 0 Å². The maximum absolute atomic E-state index is 5.55. The van der Waals surface area contributed by atoms with Gasteiger partial charge in [-0.1, -0.05) is 13.8 Å². The average Bonchev–Trinajstić information content (AvgIpc) is 2.48. The standard InChI is InChI=1S/C10H18N2O/c1-8(2)6-9-7-12-10(13-9)4-5-11-3/h7-8,11H,4-6H2,1-3H3. The molecule has 13 heavy (non-hydrogen) atoms. The van der Waals surface area contributed by atoms with Gasteiger partial charge in [0.25, 0.3) is 0 Å². The van der Waals surface area contributed by atoms with Gasteiger partial charge in [0.15, 0.2) is 5.89 Å². The molecule has 0 bridgehead atoms. The van der Waals surface area contributed by atoms with Crippen molar-refractivity contribution in [2.24, 2.45) is 5.92 Å². The van der Waals surface area contributed by atoms with Crippen LogP contribution in [-0.2, 0) is 12.8 Å². The van der Waals surface area contributed by atoms with Gasteiger partial charge < -0.3 is 9.73 Å². The van der Waals surface area contributed by atoms with Crippen molar-refractivity contribution in [2.45, 2.75) is 26.7 Å². The molecule has 0 aliphatic rings. The van der Waals surface area contributed by atoms with Gasteiger partial charge in [0.2, 0.25) is 0 Å². The molecule has 1 aromatic rings. The Labute approximate surface area is 79.5 Å². The zero-order valence-electron chi connectivity index (χ0n) is 8.63. The molecule has 3 heteroatoms. The zero-order chi connectivity index (χ0) is 9.68. The summed E-state index contributed by atoms with van der Waals surface area (Å²) in [5.41, 5.74) is 0. The highest BCUT2D eigenvalue weighted by Gasteiger charge is 2.04. The van der Waals surface area contributed by atoms with E-state index in [2.05, 4.69) is 24.1 Å². The minimum Gasteiger partial charge on any atom is -0.446 e. The number of likely N-dealkylation sites (N-methyl/N-ethyl adjacent to an activating group) is 1. The lowest BCUT2D eigenvalue weighted by Crippen LogP contribution is -2.10. The summed E-state index contributed by atoms with van der Waals surface area (Å²) in [4.78, 5) is 4.20. The van der Waals surface area contributed by atoms with E-state index in [1.165, 1.54) is 0 Å². The van der Waals surface area contributed by atoms with Gasteiger partial charge >= 0.3 is 0 Å². The quantitative estimate of drug-likeness (QED) is 0.752. The van der Waals surface area contributed by atoms with Gasteiger partial charge in [0.1, 0.15) is 5.76 Å². The molecule has 0 aliphatic heterocycles. The maximum Gasteiger partial charge on any atom is 0.195 e. The molecule has 0 aromatic carbocycles. The number of oxazole rings is 1. The Balaban J connectivity index is 2.44. The van der Waals surface area contributed by atoms with Crippen LogP contribution in [-0.4, -0.2) is 18.6 Å². The van der Waals surface area contributed by atoms with Crippen LogP contribution in [0.5, 0.6) is 0 Å². The number of nitrogens with zero attached hydrogens (tertiary/aromatic N) is 1. The molecular weight excluding hydrogens is 164 g/mol. The summed E-state index contributed by atoms with van der Waals surface area (Å²) in [6.45, 7) is 5.27. The second kappa shape index (κ2) is 5.02. The summed E-state index contributed by atoms with van der Waals surface area (Å²) >= 11 is 0. The minimum absolute atomic E-state index is 0.630. The van der Waals surface area contributed by atoms with Crippen LogP contribution in [0.1, 0.15) is 25.5 Å². The number of aromatic nitrogens is 1. The average molecular weight is 182 g/mol. The van der Waals surface area contributed by atoms with Crippen LogP contribution >= 0.6 is 0 Å². The van der Waals surface area contributed by atoms with Crippen molar-refractivity contribution < 1.29 is 4.42 Å². The van der Waals surface area contributed by atoms with E-state index in [4.69, 9.17) is 4.42 Å². The third-order valence-electron chi connectivity index (χ3n) is 1.80. The molecule has 1 heterocycles. The summed E-state index contributed by atoms with van der Waals surface area (Å²) in [5.74, 6) is 2.47. The Morgan fingerprint density at radius 3 is 2.92 bits per heavy atom. The van der Waals surface area contributed by atoms with Crippen LogP contribution in [0, 0.1) is 5.92 Å². The molecule has 1 rings (SSSR count). The Bertz CT molecular complexity index is 243. The van der Waals surface area contributed by atoms with Crippen molar-refractivity contribution in [3.05, 3.63) is 17.8 Å². The van der Waals surface area contributed by atoms with E-state index in [9.17, 15) is 0 Å². The van der Waals surface area contributed by atoms with E-state index in [-0.39, 0.29) is 0 Å². The molecule has 0 saturated carbocycles. The number of rotatable bonds is 5. The molecule has 0 fully saturated rings. The summed E-state index contributed by atoms with van der Waals surface area (Å²) in [6.07, 6.45) is 3.69. The second-order valence-corrected chi connectivity index (χ2v) is 3.67. The van der Waals surface area contributed by atoms with Crippen LogP contribution < -0.4 is 5.32 Å². The summed E-state index contributed by atoms with van der Waals surface area (Å²) in [5, 5.41) is 3.07. The fourth-order valence-corrected chi connectivity index (χ4v) is 1.19. The fraction of sp³-hybridized carbons (Fsp3) is 0.700. The summed E-state index contributed by atoms with van der Waals surface area (Å²) < 4.78 is 5.55. The first-order valence-electron chi connectivity index (χ1n) is 4.80. The van der Waals surface area contributed by atoms with Gasteiger partial charge in [-0.15, -0.1) is 0 Å². The van der Waals surface area contributed by atoms with Gasteiger partial charge in [-0.25, -0.2) is 4.98 Å². The highest BCUT2D eigenvalue weighted by molar-refractivity contribution is 4.95. The van der Waals surface area contributed by atoms with E-state index in [1.54, 1.807) is 0 Å². The maximum atomic E-state index is 5.55. The van der Waals surface area contributed by atoms with Crippen molar-refractivity contribution in [3.63, 3.8) is 0 Å². The van der Waals surface area contributed by atoms with Gasteiger partial charge in [-0.2, -0.15) is 0 Å². The molecule has 74 valence electrons. The number of hydrogen-bond donors (Lipinski definition) is 1. The predicted octanol–water partition coefficient (Wildman–Crippen LogP) is 1.63. The van der Waals surface area contributed by atoms with Gasteiger partial charge in [0.05, 0.1) is 6.20 Å². The van der Waals surface area contributed by atoms with E-state index < -0.39 is 0 Å². The van der Waals surface area contributed by atoms with Crippen molar-refractivity contribution in [1.82, 2.24) is 10.3 Å². The lowest BCUT2D eigenvalue weighted by molar-refractivity contribution is 0.430. The van der Waals surface area contributed by atoms with Crippen LogP contribution in [0.3, 0.4) is 0 Å². The second-order valence-electron chi connectivity index (χ2n) is 3.67. The number of nitrogens with one attached hydrogen (secondary N) is 1. The predicted molar refractivity (Wildman–Crippen MR) is 52.7 cm³/mol. The topological polar surface area (TPSA) is 38.1 Å². The van der Waals surface area contributed by atoms with Crippen molar-refractivity contribution in [1.29, 1.82) is 0 Å². The molecule has 0 atom stereocenters. The minimum atomic E-state index is 0.630. The SMILES string of the molecule is CNCCc1ncc(CC(C)C)o1. The van der Waals surface area contributed by atoms with Crippen molar-refractivity contribution in [2.75, 3.05) is 13.6 Å². The van der Waals surface area contributed by atoms with E-state index in [0.29, 0.717) is 5.92 Å². The van der Waals surface area contributed by atoms with Crippen molar-refractivity contribution >= 4 is 0 Å². The lowest BCUT2D eigenvalue weighted by atomic mass is 10.1. The normalized spacial score (nSPS) is 11.1. The zero-order valence-corrected chi connectivity index (χ0v) is 8.63. The molecule has 0 radical (unpaired) electrons. The molecule has 1 N–H and O–H groups in total. The van der Waals surface area contributed by atoms with Crippen LogP contribution in [0.15, 0.2) is 10.6 Å². The molecule has 0 aliphatic carbocycles. The lowest BCUT2D eigenvalue weighted by Gasteiger charge is -1.98. The number of hydrogen-bond acceptors (Lipinski definition) is 3. The third-order valence-corrected chi connectivity index (χ3v) is 1.80. The smallest absolute Gasteiger partial charge is 0.195 e. The monoisotopic (exact) mass is 182 g/mol. The van der Waals surface area contributed by atoms with Gasteiger partial charge in [-0.05, 0) is 13.0 Å². The molecule has 0 saturated heterocycles. The summed E-state index contributed by atoms with van der Waals surface area (Å²) in [6, 6.07) is 0. The van der Waals surface area contributed by atoms with Gasteiger partial charge in [0, 0.05) is 19.4 Å². The molecule has 0 unspecified atom stereocenters. The Kier molecular flexibility index (Phi) is 3.96. The largest absolute Gasteiger partial charge is 0.446 e. The first kappa shape index (κ1) is 10.3. The molecule has 1 aromatic heterocycles. The molecule has 0 amide bonds. The Morgan fingerprint density at radius 1 is 1.54 bits per heavy atom. The molecular formula is C10H18N2O. The van der Waals surface area contributed by atoms with E-state index in [0.717, 1.165) is 31.0 Å². The van der Waals surface area contributed by atoms with Gasteiger partial charge in [-0.3, -0.25) is 0 Å². The van der Waals surface area contributed by atoms with Crippen LogP contribution in [0.25, 0.3) is 0 Å². The first-order valence-corrected chi connectivity index (χ1v) is 4.80. The third kappa shape index (κ3) is 3.59. The highest BCUT2D eigenvalue weighted by atomic mass is 16.4. The molecule has 0 spiro atoms. The van der Waals surface area contributed by atoms with Crippen LogP contribution in [0.2, 0.25) is 0 Å². The molecule has 3 nitrogen and oxygen atoms in total. The fourth-order valence-electron chi connectivity index (χ4n) is 1.19. The van der Waals surface area contributed by atoms with E-state index in [1.807, 2.05) is 13.2 Å². The Hall–Kier alpha value is -0.830. The first-order chi connectivity index (χ1) is 6.22. The Morgan fingerprint density at radius 2 is 2.31 bits per heavy atom. The summed E-state index contributed by atoms with van der Waals surface area (Å²) in [7, 11) is 1.93. The highest BCUT2D eigenvalue weighted by Crippen LogP contribution is 2.09. The van der Waals surface area contributed by atoms with Crippen LogP contribution in [0.4, 0.5) is 0 Å².